The zero-order valence-electron chi connectivity index (χ0n) is 3.35. The van der Waals surface area contributed by atoms with Gasteiger partial charge in [-0.2, -0.15) is 0 Å². The molecule has 0 rings (SSSR count). The topological polar surface area (TPSA) is 26.0 Å². The van der Waals surface area contributed by atoms with Crippen molar-refractivity contribution in [2.24, 2.45) is 5.73 Å². The predicted octanol–water partition coefficient (Wildman–Crippen LogP) is 0.663. The molecule has 2 N–H and O–H groups in total. The van der Waals surface area contributed by atoms with Gasteiger partial charge in [-0.15, -0.1) is 6.58 Å². The van der Waals surface area contributed by atoms with E-state index in [0.717, 1.165) is 0 Å². The van der Waals surface area contributed by atoms with Crippen molar-refractivity contribution in [2.75, 3.05) is 0 Å². The second-order valence-corrected chi connectivity index (χ2v) is 1.28. The lowest BCUT2D eigenvalue weighted by Crippen LogP contribution is -2.05. The number of hydrogen-bond acceptors (Lipinski definition) is 1. The summed E-state index contributed by atoms with van der Waals surface area (Å²) in [6.07, 6.45) is 3.12. The van der Waals surface area contributed by atoms with Gasteiger partial charge in [-0.05, 0) is 0 Å². The Labute approximate surface area is 42.8 Å². The largest absolute Gasteiger partial charge is 0.393 e. The predicted molar refractivity (Wildman–Crippen MR) is 31.3 cm³/mol. The molecule has 0 aliphatic heterocycles. The van der Waals surface area contributed by atoms with Gasteiger partial charge < -0.3 is 5.73 Å². The molecule has 0 atom stereocenters. The summed E-state index contributed by atoms with van der Waals surface area (Å²) in [5.41, 5.74) is 5.01. The first kappa shape index (κ1) is 5.63. The maximum absolute atomic E-state index is 5.01. The van der Waals surface area contributed by atoms with Crippen molar-refractivity contribution in [2.45, 2.75) is 0 Å². The van der Waals surface area contributed by atoms with Crippen LogP contribution in [-0.2, 0) is 0 Å². The minimum absolute atomic E-state index is 0.380. The Hall–Kier alpha value is -0.370. The number of hydrogen-bond donors (Lipinski definition) is 1. The highest BCUT2D eigenvalue weighted by atomic mass is 32.1. The maximum Gasteiger partial charge on any atom is 0.0807 e. The molecule has 2 heteroatoms. The third-order valence-corrected chi connectivity index (χ3v) is 0.418. The quantitative estimate of drug-likeness (QED) is 0.516. The molecule has 1 nitrogen and oxygen atoms in total. The standard InChI is InChI=1S/C4H6NS/c1-2-3-4(5)6/h2-3H,1H2,(H2,5,6). The third kappa shape index (κ3) is 3.63. The highest BCUT2D eigenvalue weighted by molar-refractivity contribution is 7.80. The second kappa shape index (κ2) is 2.85. The van der Waals surface area contributed by atoms with E-state index in [-0.39, 0.29) is 0 Å². The fraction of sp³-hybridized carbons (Fsp3) is 0. The molecule has 6 heavy (non-hydrogen) atoms. The van der Waals surface area contributed by atoms with Crippen molar-refractivity contribution >= 4 is 17.2 Å². The van der Waals surface area contributed by atoms with Crippen LogP contribution >= 0.6 is 12.2 Å². The average Bonchev–Trinajstić information content (AvgIpc) is 1.35. The average molecular weight is 100 g/mol. The molecular weight excluding hydrogens is 94.1 g/mol. The molecule has 0 saturated heterocycles. The normalized spacial score (nSPS) is 7.33. The summed E-state index contributed by atoms with van der Waals surface area (Å²) in [5, 5.41) is 0. The number of thiocarbonyl (C=S) groups is 1. The smallest absolute Gasteiger partial charge is 0.0807 e. The van der Waals surface area contributed by atoms with Gasteiger partial charge in [0, 0.05) is 6.42 Å². The van der Waals surface area contributed by atoms with Gasteiger partial charge in [0.25, 0.3) is 0 Å². The molecule has 0 saturated carbocycles. The van der Waals surface area contributed by atoms with E-state index in [4.69, 9.17) is 5.73 Å². The molecule has 33 valence electrons. The summed E-state index contributed by atoms with van der Waals surface area (Å²) in [7, 11) is 0. The van der Waals surface area contributed by atoms with E-state index in [2.05, 4.69) is 18.8 Å². The van der Waals surface area contributed by atoms with Crippen molar-refractivity contribution in [1.82, 2.24) is 0 Å². The highest BCUT2D eigenvalue weighted by Crippen LogP contribution is 1.73. The van der Waals surface area contributed by atoms with E-state index in [9.17, 15) is 0 Å². The molecule has 0 fully saturated rings. The fourth-order valence-electron chi connectivity index (χ4n) is 0.116. The molecule has 0 amide bonds. The van der Waals surface area contributed by atoms with Crippen LogP contribution in [0.25, 0.3) is 0 Å². The zero-order valence-corrected chi connectivity index (χ0v) is 4.16. The van der Waals surface area contributed by atoms with Crippen molar-refractivity contribution < 1.29 is 0 Å². The van der Waals surface area contributed by atoms with Crippen molar-refractivity contribution in [1.29, 1.82) is 0 Å². The molecule has 0 aromatic carbocycles. The molecule has 1 radical (unpaired) electrons. The van der Waals surface area contributed by atoms with Gasteiger partial charge in [0.2, 0.25) is 0 Å². The van der Waals surface area contributed by atoms with Crippen molar-refractivity contribution in [3.8, 4) is 0 Å². The van der Waals surface area contributed by atoms with E-state index in [1.807, 2.05) is 0 Å². The highest BCUT2D eigenvalue weighted by Gasteiger charge is 1.75. The summed E-state index contributed by atoms with van der Waals surface area (Å²) in [6.45, 7) is 3.38. The van der Waals surface area contributed by atoms with Crippen LogP contribution in [0, 0.1) is 6.42 Å². The lowest BCUT2D eigenvalue weighted by atomic mass is 10.4. The van der Waals surface area contributed by atoms with Crippen LogP contribution in [0.15, 0.2) is 12.7 Å². The van der Waals surface area contributed by atoms with Crippen LogP contribution in [0.3, 0.4) is 0 Å². The van der Waals surface area contributed by atoms with Crippen molar-refractivity contribution in [3.05, 3.63) is 19.1 Å². The van der Waals surface area contributed by atoms with E-state index in [0.29, 0.717) is 4.99 Å². The third-order valence-electron chi connectivity index (χ3n) is 0.282. The molecular formula is C4H6NS. The molecule has 0 aromatic rings. The van der Waals surface area contributed by atoms with E-state index >= 15 is 0 Å². The van der Waals surface area contributed by atoms with Gasteiger partial charge in [0.15, 0.2) is 0 Å². The Morgan fingerprint density at radius 2 is 2.33 bits per heavy atom. The Morgan fingerprint density at radius 1 is 1.83 bits per heavy atom. The molecule has 0 aromatic heterocycles. The second-order valence-electron chi connectivity index (χ2n) is 0.805. The van der Waals surface area contributed by atoms with E-state index < -0.39 is 0 Å². The molecule has 0 aliphatic rings. The van der Waals surface area contributed by atoms with Crippen LogP contribution < -0.4 is 5.73 Å². The van der Waals surface area contributed by atoms with Crippen LogP contribution in [0.2, 0.25) is 0 Å². The zero-order chi connectivity index (χ0) is 4.99. The Morgan fingerprint density at radius 3 is 2.33 bits per heavy atom. The van der Waals surface area contributed by atoms with Gasteiger partial charge in [0.1, 0.15) is 0 Å². The van der Waals surface area contributed by atoms with Crippen molar-refractivity contribution in [3.63, 3.8) is 0 Å². The van der Waals surface area contributed by atoms with Crippen LogP contribution in [-0.4, -0.2) is 4.99 Å². The summed E-state index contributed by atoms with van der Waals surface area (Å²) < 4.78 is 0. The first-order valence-electron chi connectivity index (χ1n) is 1.52. The SMILES string of the molecule is C=C[CH]C(N)=S. The number of rotatable bonds is 2. The summed E-state index contributed by atoms with van der Waals surface area (Å²) in [5.74, 6) is 0. The maximum atomic E-state index is 5.01. The first-order valence-corrected chi connectivity index (χ1v) is 1.93. The summed E-state index contributed by atoms with van der Waals surface area (Å²) >= 11 is 4.45. The minimum atomic E-state index is 0.380. The minimum Gasteiger partial charge on any atom is -0.393 e. The fourth-order valence-corrected chi connectivity index (χ4v) is 0.212. The molecule has 0 aliphatic carbocycles. The molecule has 0 spiro atoms. The Kier molecular flexibility index (Phi) is 2.67. The first-order chi connectivity index (χ1) is 2.77. The van der Waals surface area contributed by atoms with Gasteiger partial charge in [-0.3, -0.25) is 0 Å². The van der Waals surface area contributed by atoms with Crippen LogP contribution in [0.4, 0.5) is 0 Å². The summed E-state index contributed by atoms with van der Waals surface area (Å²) in [4.78, 5) is 0.380. The van der Waals surface area contributed by atoms with Crippen LogP contribution in [0.5, 0.6) is 0 Å². The summed E-state index contributed by atoms with van der Waals surface area (Å²) in [6, 6.07) is 0. The van der Waals surface area contributed by atoms with Gasteiger partial charge in [-0.25, -0.2) is 0 Å². The van der Waals surface area contributed by atoms with Gasteiger partial charge in [-0.1, -0.05) is 18.3 Å². The lowest BCUT2D eigenvalue weighted by molar-refractivity contribution is 1.75. The molecule has 0 heterocycles. The van der Waals surface area contributed by atoms with Gasteiger partial charge >= 0.3 is 0 Å². The van der Waals surface area contributed by atoms with E-state index in [1.165, 1.54) is 0 Å². The Bertz CT molecular complexity index is 67.9. The molecule has 0 bridgehead atoms. The monoisotopic (exact) mass is 100 g/mol. The van der Waals surface area contributed by atoms with Crippen LogP contribution in [0.1, 0.15) is 0 Å². The lowest BCUT2D eigenvalue weighted by Gasteiger charge is -1.80. The van der Waals surface area contributed by atoms with Gasteiger partial charge in [0.05, 0.1) is 4.99 Å². The van der Waals surface area contributed by atoms with E-state index in [1.54, 1.807) is 12.5 Å². The Balaban J connectivity index is 3.05. The molecule has 0 unspecified atom stereocenters. The number of nitrogens with two attached hydrogens (primary N) is 1.